The standard InChI is InChI=1S/C9H19N/c1-5-7-10-8-6-9(2,3)4/h8H,5-7H2,1-4H3. The molecular formula is C9H19N. The van der Waals surface area contributed by atoms with E-state index in [1.807, 2.05) is 6.21 Å². The first-order valence-corrected chi connectivity index (χ1v) is 4.04. The second-order valence-electron chi connectivity index (χ2n) is 3.85. The lowest BCUT2D eigenvalue weighted by Crippen LogP contribution is -2.04. The van der Waals surface area contributed by atoms with Crippen LogP contribution in [0.1, 0.15) is 40.5 Å². The van der Waals surface area contributed by atoms with E-state index in [0.717, 1.165) is 19.4 Å². The first-order valence-electron chi connectivity index (χ1n) is 4.04. The van der Waals surface area contributed by atoms with Gasteiger partial charge in [-0.3, -0.25) is 4.99 Å². The molecule has 0 rings (SSSR count). The molecule has 0 heterocycles. The molecule has 0 saturated heterocycles. The van der Waals surface area contributed by atoms with Crippen LogP contribution in [0.25, 0.3) is 0 Å². The first kappa shape index (κ1) is 9.67. The minimum absolute atomic E-state index is 0.400. The highest BCUT2D eigenvalue weighted by atomic mass is 14.7. The van der Waals surface area contributed by atoms with Crippen LogP contribution in [0.15, 0.2) is 4.99 Å². The lowest BCUT2D eigenvalue weighted by atomic mass is 9.93. The number of hydrogen-bond acceptors (Lipinski definition) is 1. The highest BCUT2D eigenvalue weighted by Gasteiger charge is 2.06. The predicted molar refractivity (Wildman–Crippen MR) is 47.7 cm³/mol. The number of aliphatic imine (C=N–C) groups is 1. The molecule has 1 nitrogen and oxygen atoms in total. The Kier molecular flexibility index (Phi) is 4.33. The summed E-state index contributed by atoms with van der Waals surface area (Å²) in [5.74, 6) is 0. The van der Waals surface area contributed by atoms with Gasteiger partial charge in [0.2, 0.25) is 0 Å². The summed E-state index contributed by atoms with van der Waals surface area (Å²) in [5, 5.41) is 0. The van der Waals surface area contributed by atoms with Gasteiger partial charge in [0.1, 0.15) is 0 Å². The smallest absolute Gasteiger partial charge is 0.0382 e. The summed E-state index contributed by atoms with van der Waals surface area (Å²) in [6.45, 7) is 9.81. The van der Waals surface area contributed by atoms with E-state index in [0.29, 0.717) is 5.41 Å². The molecule has 0 amide bonds. The summed E-state index contributed by atoms with van der Waals surface area (Å²) in [6, 6.07) is 0. The van der Waals surface area contributed by atoms with Gasteiger partial charge in [0.25, 0.3) is 0 Å². The van der Waals surface area contributed by atoms with Gasteiger partial charge >= 0.3 is 0 Å². The quantitative estimate of drug-likeness (QED) is 0.536. The SMILES string of the molecule is CCCN=CCC(C)(C)C. The van der Waals surface area contributed by atoms with Crippen molar-refractivity contribution in [1.29, 1.82) is 0 Å². The van der Waals surface area contributed by atoms with Crippen molar-refractivity contribution in [3.63, 3.8) is 0 Å². The highest BCUT2D eigenvalue weighted by Crippen LogP contribution is 2.15. The van der Waals surface area contributed by atoms with Gasteiger partial charge in [-0.15, -0.1) is 0 Å². The number of hydrogen-bond donors (Lipinski definition) is 0. The molecule has 1 heteroatoms. The lowest BCUT2D eigenvalue weighted by Gasteiger charge is -2.13. The summed E-state index contributed by atoms with van der Waals surface area (Å²) in [5.41, 5.74) is 0.400. The molecule has 0 aromatic rings. The Morgan fingerprint density at radius 2 is 1.90 bits per heavy atom. The van der Waals surface area contributed by atoms with Gasteiger partial charge in [0.15, 0.2) is 0 Å². The van der Waals surface area contributed by atoms with Crippen LogP contribution in [-0.2, 0) is 0 Å². The fourth-order valence-corrected chi connectivity index (χ4v) is 0.559. The fourth-order valence-electron chi connectivity index (χ4n) is 0.559. The second-order valence-corrected chi connectivity index (χ2v) is 3.85. The topological polar surface area (TPSA) is 12.4 Å². The molecule has 0 spiro atoms. The van der Waals surface area contributed by atoms with Crippen LogP contribution in [0.5, 0.6) is 0 Å². The Morgan fingerprint density at radius 3 is 2.30 bits per heavy atom. The van der Waals surface area contributed by atoms with Crippen molar-refractivity contribution in [3.05, 3.63) is 0 Å². The van der Waals surface area contributed by atoms with E-state index in [4.69, 9.17) is 0 Å². The summed E-state index contributed by atoms with van der Waals surface area (Å²) in [7, 11) is 0. The van der Waals surface area contributed by atoms with Crippen LogP contribution in [-0.4, -0.2) is 12.8 Å². The molecule has 0 aliphatic rings. The third kappa shape index (κ3) is 7.67. The average Bonchev–Trinajstić information content (AvgIpc) is 1.78. The number of nitrogens with zero attached hydrogens (tertiary/aromatic N) is 1. The van der Waals surface area contributed by atoms with Gasteiger partial charge in [-0.25, -0.2) is 0 Å². The molecule has 10 heavy (non-hydrogen) atoms. The van der Waals surface area contributed by atoms with E-state index in [1.54, 1.807) is 0 Å². The van der Waals surface area contributed by atoms with Crippen molar-refractivity contribution < 1.29 is 0 Å². The first-order chi connectivity index (χ1) is 4.56. The van der Waals surface area contributed by atoms with E-state index in [-0.39, 0.29) is 0 Å². The van der Waals surface area contributed by atoms with E-state index < -0.39 is 0 Å². The highest BCUT2D eigenvalue weighted by molar-refractivity contribution is 5.57. The third-order valence-corrected chi connectivity index (χ3v) is 1.19. The zero-order chi connectivity index (χ0) is 8.04. The van der Waals surface area contributed by atoms with Gasteiger partial charge < -0.3 is 0 Å². The third-order valence-electron chi connectivity index (χ3n) is 1.19. The van der Waals surface area contributed by atoms with Crippen LogP contribution in [0.2, 0.25) is 0 Å². The van der Waals surface area contributed by atoms with E-state index >= 15 is 0 Å². The maximum Gasteiger partial charge on any atom is 0.0382 e. The van der Waals surface area contributed by atoms with Crippen LogP contribution in [0.4, 0.5) is 0 Å². The molecule has 0 aromatic carbocycles. The molecule has 0 fully saturated rings. The Labute approximate surface area is 64.6 Å². The zero-order valence-electron chi connectivity index (χ0n) is 7.65. The normalized spacial score (nSPS) is 12.8. The van der Waals surface area contributed by atoms with Crippen molar-refractivity contribution in [1.82, 2.24) is 0 Å². The van der Waals surface area contributed by atoms with Crippen molar-refractivity contribution in [3.8, 4) is 0 Å². The minimum Gasteiger partial charge on any atom is -0.298 e. The maximum absolute atomic E-state index is 4.25. The average molecular weight is 141 g/mol. The molecule has 0 atom stereocenters. The summed E-state index contributed by atoms with van der Waals surface area (Å²) in [4.78, 5) is 4.25. The molecule has 0 radical (unpaired) electrons. The zero-order valence-corrected chi connectivity index (χ0v) is 7.65. The minimum atomic E-state index is 0.400. The molecule has 0 N–H and O–H groups in total. The molecule has 0 saturated carbocycles. The van der Waals surface area contributed by atoms with Crippen LogP contribution in [0.3, 0.4) is 0 Å². The largest absolute Gasteiger partial charge is 0.298 e. The molecule has 0 aliphatic carbocycles. The van der Waals surface area contributed by atoms with Crippen molar-refractivity contribution in [2.45, 2.75) is 40.5 Å². The van der Waals surface area contributed by atoms with Crippen molar-refractivity contribution in [2.24, 2.45) is 10.4 Å². The Bertz CT molecular complexity index is 97.8. The summed E-state index contributed by atoms with van der Waals surface area (Å²) >= 11 is 0. The molecule has 60 valence electrons. The van der Waals surface area contributed by atoms with Gasteiger partial charge in [-0.2, -0.15) is 0 Å². The Balaban J connectivity index is 3.34. The predicted octanol–water partition coefficient (Wildman–Crippen LogP) is 2.90. The van der Waals surface area contributed by atoms with E-state index in [2.05, 4.69) is 32.7 Å². The summed E-state index contributed by atoms with van der Waals surface area (Å²) in [6.07, 6.45) is 4.29. The lowest BCUT2D eigenvalue weighted by molar-refractivity contribution is 0.437. The fraction of sp³-hybridized carbons (Fsp3) is 0.889. The maximum atomic E-state index is 4.25. The van der Waals surface area contributed by atoms with Crippen LogP contribution < -0.4 is 0 Å². The van der Waals surface area contributed by atoms with Crippen molar-refractivity contribution in [2.75, 3.05) is 6.54 Å². The molecule has 0 unspecified atom stereocenters. The monoisotopic (exact) mass is 141 g/mol. The van der Waals surface area contributed by atoms with Gasteiger partial charge in [0.05, 0.1) is 0 Å². The van der Waals surface area contributed by atoms with E-state index in [9.17, 15) is 0 Å². The van der Waals surface area contributed by atoms with Crippen molar-refractivity contribution >= 4 is 6.21 Å². The second kappa shape index (κ2) is 4.48. The molecular weight excluding hydrogens is 122 g/mol. The Hall–Kier alpha value is -0.330. The number of rotatable bonds is 3. The summed E-state index contributed by atoms with van der Waals surface area (Å²) < 4.78 is 0. The van der Waals surface area contributed by atoms with Gasteiger partial charge in [-0.05, 0) is 24.5 Å². The molecule has 0 bridgehead atoms. The van der Waals surface area contributed by atoms with Gasteiger partial charge in [-0.1, -0.05) is 27.7 Å². The molecule has 0 aliphatic heterocycles. The van der Waals surface area contributed by atoms with Gasteiger partial charge in [0, 0.05) is 6.54 Å². The van der Waals surface area contributed by atoms with Crippen LogP contribution >= 0.6 is 0 Å². The molecule has 0 aromatic heterocycles. The Morgan fingerprint density at radius 1 is 1.30 bits per heavy atom. The van der Waals surface area contributed by atoms with E-state index in [1.165, 1.54) is 0 Å². The van der Waals surface area contributed by atoms with Crippen LogP contribution in [0, 0.1) is 5.41 Å².